The first-order valence-corrected chi connectivity index (χ1v) is 5.95. The maximum absolute atomic E-state index is 11.5. The third kappa shape index (κ3) is 2.11. The van der Waals surface area contributed by atoms with Crippen molar-refractivity contribution in [1.29, 1.82) is 0 Å². The highest BCUT2D eigenvalue weighted by Gasteiger charge is 2.24. The molecule has 0 amide bonds. The Labute approximate surface area is 106 Å². The van der Waals surface area contributed by atoms with Gasteiger partial charge in [0.1, 0.15) is 6.04 Å². The molecular formula is C14H18N2O2. The van der Waals surface area contributed by atoms with E-state index in [1.54, 1.807) is 0 Å². The van der Waals surface area contributed by atoms with Crippen LogP contribution in [-0.4, -0.2) is 24.1 Å². The average molecular weight is 246 g/mol. The first-order valence-electron chi connectivity index (χ1n) is 5.95. The van der Waals surface area contributed by atoms with Crippen molar-refractivity contribution < 1.29 is 9.53 Å². The van der Waals surface area contributed by atoms with Gasteiger partial charge in [-0.15, -0.1) is 0 Å². The molecule has 0 radical (unpaired) electrons. The van der Waals surface area contributed by atoms with Gasteiger partial charge in [0.05, 0.1) is 7.11 Å². The lowest BCUT2D eigenvalue weighted by atomic mass is 9.93. The van der Waals surface area contributed by atoms with E-state index in [4.69, 9.17) is 10.5 Å². The van der Waals surface area contributed by atoms with Crippen LogP contribution in [0.2, 0.25) is 0 Å². The van der Waals surface area contributed by atoms with Gasteiger partial charge < -0.3 is 15.5 Å². The molecule has 0 aliphatic carbocycles. The smallest absolute Gasteiger partial charge is 0.323 e. The summed E-state index contributed by atoms with van der Waals surface area (Å²) in [6.07, 6.45) is 1.91. The Balaban J connectivity index is 2.41. The summed E-state index contributed by atoms with van der Waals surface area (Å²) in [5, 5.41) is 1.11. The Hall–Kier alpha value is -1.81. The summed E-state index contributed by atoms with van der Waals surface area (Å²) in [4.78, 5) is 14.7. The normalized spacial score (nSPS) is 14.4. The second kappa shape index (κ2) is 4.82. The monoisotopic (exact) mass is 246 g/mol. The van der Waals surface area contributed by atoms with Crippen molar-refractivity contribution in [3.8, 4) is 0 Å². The molecule has 0 saturated heterocycles. The third-order valence-corrected chi connectivity index (χ3v) is 3.37. The van der Waals surface area contributed by atoms with Gasteiger partial charge in [-0.2, -0.15) is 0 Å². The number of nitrogens with two attached hydrogens (primary N) is 1. The van der Waals surface area contributed by atoms with Gasteiger partial charge in [-0.05, 0) is 24.6 Å². The first-order chi connectivity index (χ1) is 8.54. The van der Waals surface area contributed by atoms with Gasteiger partial charge in [-0.3, -0.25) is 4.79 Å². The summed E-state index contributed by atoms with van der Waals surface area (Å²) in [5.41, 5.74) is 9.19. The number of ether oxygens (including phenoxy) is 1. The largest absolute Gasteiger partial charge is 0.468 e. The molecule has 1 heterocycles. The van der Waals surface area contributed by atoms with E-state index in [1.807, 2.05) is 32.2 Å². The van der Waals surface area contributed by atoms with Gasteiger partial charge in [0.2, 0.25) is 0 Å². The van der Waals surface area contributed by atoms with E-state index in [0.29, 0.717) is 0 Å². The molecule has 2 atom stereocenters. The fourth-order valence-electron chi connectivity index (χ4n) is 2.17. The summed E-state index contributed by atoms with van der Waals surface area (Å²) < 4.78 is 4.69. The number of fused-ring (bicyclic) bond motifs is 1. The van der Waals surface area contributed by atoms with Gasteiger partial charge in [-0.1, -0.05) is 18.6 Å². The Morgan fingerprint density at radius 1 is 1.44 bits per heavy atom. The van der Waals surface area contributed by atoms with Crippen LogP contribution in [-0.2, 0) is 9.53 Å². The number of aryl methyl sites for hydroxylation is 1. The van der Waals surface area contributed by atoms with Crippen LogP contribution in [0.1, 0.15) is 24.0 Å². The number of H-pyrrole nitrogens is 1. The van der Waals surface area contributed by atoms with Gasteiger partial charge in [0.15, 0.2) is 0 Å². The van der Waals surface area contributed by atoms with Gasteiger partial charge in [-0.25, -0.2) is 0 Å². The number of esters is 1. The Bertz CT molecular complexity index is 574. The van der Waals surface area contributed by atoms with E-state index < -0.39 is 6.04 Å². The molecule has 0 spiro atoms. The molecule has 2 aromatic rings. The molecule has 3 N–H and O–H groups in total. The van der Waals surface area contributed by atoms with Crippen molar-refractivity contribution in [2.24, 2.45) is 5.73 Å². The number of carbonyl (C=O) groups excluding carboxylic acids is 1. The predicted molar refractivity (Wildman–Crippen MR) is 71.4 cm³/mol. The number of carbonyl (C=O) groups is 1. The van der Waals surface area contributed by atoms with Gasteiger partial charge in [0, 0.05) is 23.0 Å². The van der Waals surface area contributed by atoms with E-state index in [0.717, 1.165) is 16.5 Å². The highest BCUT2D eigenvalue weighted by Crippen LogP contribution is 2.28. The highest BCUT2D eigenvalue weighted by molar-refractivity contribution is 5.86. The Morgan fingerprint density at radius 2 is 2.17 bits per heavy atom. The van der Waals surface area contributed by atoms with Crippen LogP contribution >= 0.6 is 0 Å². The van der Waals surface area contributed by atoms with E-state index in [9.17, 15) is 4.79 Å². The number of aromatic amines is 1. The zero-order valence-electron chi connectivity index (χ0n) is 10.9. The minimum absolute atomic E-state index is 0.0898. The average Bonchev–Trinajstić information content (AvgIpc) is 2.78. The minimum Gasteiger partial charge on any atom is -0.468 e. The number of hydrogen-bond acceptors (Lipinski definition) is 3. The van der Waals surface area contributed by atoms with Crippen LogP contribution < -0.4 is 5.73 Å². The number of benzene rings is 1. The SMILES string of the molecule is COC(=O)[C@H](N)[C@H](C)c1c[nH]c2ccc(C)cc12. The summed E-state index contributed by atoms with van der Waals surface area (Å²) in [5.74, 6) is -0.475. The Morgan fingerprint density at radius 3 is 2.83 bits per heavy atom. The number of aromatic nitrogens is 1. The highest BCUT2D eigenvalue weighted by atomic mass is 16.5. The number of nitrogens with one attached hydrogen (secondary N) is 1. The minimum atomic E-state index is -0.644. The molecule has 0 saturated carbocycles. The topological polar surface area (TPSA) is 68.1 Å². The molecule has 0 aliphatic heterocycles. The van der Waals surface area contributed by atoms with Crippen LogP contribution in [0.25, 0.3) is 10.9 Å². The van der Waals surface area contributed by atoms with Gasteiger partial charge in [0.25, 0.3) is 0 Å². The zero-order chi connectivity index (χ0) is 13.3. The summed E-state index contributed by atoms with van der Waals surface area (Å²) in [7, 11) is 1.36. The number of methoxy groups -OCH3 is 1. The predicted octanol–water partition coefficient (Wildman–Crippen LogP) is 2.08. The third-order valence-electron chi connectivity index (χ3n) is 3.37. The molecule has 0 fully saturated rings. The van der Waals surface area contributed by atoms with Crippen LogP contribution in [0, 0.1) is 6.92 Å². The van der Waals surface area contributed by atoms with Crippen molar-refractivity contribution in [2.45, 2.75) is 25.8 Å². The molecule has 4 heteroatoms. The molecule has 96 valence electrons. The van der Waals surface area contributed by atoms with E-state index >= 15 is 0 Å². The number of hydrogen-bond donors (Lipinski definition) is 2. The van der Waals surface area contributed by atoms with E-state index in [-0.39, 0.29) is 11.9 Å². The van der Waals surface area contributed by atoms with Crippen molar-refractivity contribution in [3.05, 3.63) is 35.5 Å². The molecule has 4 nitrogen and oxygen atoms in total. The van der Waals surface area contributed by atoms with Crippen molar-refractivity contribution >= 4 is 16.9 Å². The molecule has 0 bridgehead atoms. The fraction of sp³-hybridized carbons (Fsp3) is 0.357. The zero-order valence-corrected chi connectivity index (χ0v) is 10.9. The summed E-state index contributed by atoms with van der Waals surface area (Å²) in [6.45, 7) is 3.98. The maximum Gasteiger partial charge on any atom is 0.323 e. The second-order valence-electron chi connectivity index (χ2n) is 4.63. The maximum atomic E-state index is 11.5. The van der Waals surface area contributed by atoms with Crippen LogP contribution in [0.15, 0.2) is 24.4 Å². The molecule has 2 rings (SSSR count). The standard InChI is InChI=1S/C14H18N2O2/c1-8-4-5-12-10(6-8)11(7-16-12)9(2)13(15)14(17)18-3/h4-7,9,13,16H,15H2,1-3H3/t9-,13-/m1/s1. The molecule has 1 aromatic carbocycles. The lowest BCUT2D eigenvalue weighted by Gasteiger charge is -2.17. The van der Waals surface area contributed by atoms with Crippen LogP contribution in [0.5, 0.6) is 0 Å². The van der Waals surface area contributed by atoms with Crippen molar-refractivity contribution in [2.75, 3.05) is 7.11 Å². The summed E-state index contributed by atoms with van der Waals surface area (Å²) in [6, 6.07) is 5.54. The Kier molecular flexibility index (Phi) is 3.39. The lowest BCUT2D eigenvalue weighted by Crippen LogP contribution is -2.36. The van der Waals surface area contributed by atoms with E-state index in [1.165, 1.54) is 12.7 Å². The van der Waals surface area contributed by atoms with Crippen molar-refractivity contribution in [3.63, 3.8) is 0 Å². The molecule has 18 heavy (non-hydrogen) atoms. The lowest BCUT2D eigenvalue weighted by molar-refractivity contribution is -0.142. The quantitative estimate of drug-likeness (QED) is 0.815. The molecular weight excluding hydrogens is 228 g/mol. The number of rotatable bonds is 3. The van der Waals surface area contributed by atoms with Crippen LogP contribution in [0.4, 0.5) is 0 Å². The first kappa shape index (κ1) is 12.6. The molecule has 0 aliphatic rings. The van der Waals surface area contributed by atoms with Gasteiger partial charge >= 0.3 is 5.97 Å². The summed E-state index contributed by atoms with van der Waals surface area (Å²) >= 11 is 0. The second-order valence-corrected chi connectivity index (χ2v) is 4.63. The molecule has 0 unspecified atom stereocenters. The van der Waals surface area contributed by atoms with E-state index in [2.05, 4.69) is 11.1 Å². The molecule has 1 aromatic heterocycles. The fourth-order valence-corrected chi connectivity index (χ4v) is 2.17. The van der Waals surface area contributed by atoms with Crippen LogP contribution in [0.3, 0.4) is 0 Å². The van der Waals surface area contributed by atoms with Crippen molar-refractivity contribution in [1.82, 2.24) is 4.98 Å².